The van der Waals surface area contributed by atoms with Gasteiger partial charge in [-0.3, -0.25) is 9.13 Å². The van der Waals surface area contributed by atoms with Crippen LogP contribution >= 0.6 is 59.4 Å². The first-order valence-electron chi connectivity index (χ1n) is 5.62. The van der Waals surface area contributed by atoms with Gasteiger partial charge in [-0.2, -0.15) is 0 Å². The van der Waals surface area contributed by atoms with E-state index in [0.29, 0.717) is 29.5 Å². The molecule has 2 aromatic rings. The second-order valence-electron chi connectivity index (χ2n) is 3.99. The average molecular weight is 493 g/mol. The van der Waals surface area contributed by atoms with E-state index in [1.165, 1.54) is 9.13 Å². The van der Waals surface area contributed by atoms with Gasteiger partial charge in [-0.1, -0.05) is 11.6 Å². The molecular formula is C11H10Br3ClN2O3. The van der Waals surface area contributed by atoms with Crippen LogP contribution in [-0.2, 0) is 13.1 Å². The molecule has 0 aliphatic heterocycles. The predicted molar refractivity (Wildman–Crippen MR) is 88.5 cm³/mol. The van der Waals surface area contributed by atoms with Gasteiger partial charge in [-0.15, -0.1) is 0 Å². The maximum absolute atomic E-state index is 12.4. The Balaban J connectivity index is 3.00. The van der Waals surface area contributed by atoms with E-state index in [9.17, 15) is 4.79 Å². The summed E-state index contributed by atoms with van der Waals surface area (Å²) in [6, 6.07) is 0. The van der Waals surface area contributed by atoms with Crippen LogP contribution in [0.25, 0.3) is 11.0 Å². The number of aliphatic hydroxyl groups excluding tert-OH is 2. The quantitative estimate of drug-likeness (QED) is 0.509. The van der Waals surface area contributed by atoms with Crippen LogP contribution in [0.2, 0.25) is 5.02 Å². The average Bonchev–Trinajstić information content (AvgIpc) is 2.69. The Morgan fingerprint density at radius 1 is 0.900 bits per heavy atom. The molecule has 9 heteroatoms. The Morgan fingerprint density at radius 2 is 1.35 bits per heavy atom. The van der Waals surface area contributed by atoms with Crippen molar-refractivity contribution in [3.63, 3.8) is 0 Å². The van der Waals surface area contributed by atoms with Crippen molar-refractivity contribution < 1.29 is 10.2 Å². The number of hydrogen-bond donors (Lipinski definition) is 2. The van der Waals surface area contributed by atoms with Crippen LogP contribution in [0.4, 0.5) is 0 Å². The van der Waals surface area contributed by atoms with Gasteiger partial charge >= 0.3 is 5.69 Å². The molecule has 0 saturated carbocycles. The first-order chi connectivity index (χ1) is 9.45. The van der Waals surface area contributed by atoms with Crippen molar-refractivity contribution in [3.05, 3.63) is 28.9 Å². The van der Waals surface area contributed by atoms with Gasteiger partial charge in [0.15, 0.2) is 0 Å². The predicted octanol–water partition coefficient (Wildman–Crippen LogP) is 2.73. The largest absolute Gasteiger partial charge is 0.395 e. The Morgan fingerprint density at radius 3 is 1.80 bits per heavy atom. The fraction of sp³-hybridized carbons (Fsp3) is 0.364. The molecular weight excluding hydrogens is 483 g/mol. The van der Waals surface area contributed by atoms with Gasteiger partial charge in [-0.05, 0) is 47.8 Å². The second-order valence-corrected chi connectivity index (χ2v) is 6.74. The van der Waals surface area contributed by atoms with E-state index < -0.39 is 0 Å². The number of aromatic nitrogens is 2. The van der Waals surface area contributed by atoms with E-state index in [4.69, 9.17) is 21.8 Å². The van der Waals surface area contributed by atoms with Crippen LogP contribution in [0.5, 0.6) is 0 Å². The van der Waals surface area contributed by atoms with Gasteiger partial charge in [0.2, 0.25) is 0 Å². The topological polar surface area (TPSA) is 67.4 Å². The molecule has 1 heterocycles. The minimum Gasteiger partial charge on any atom is -0.395 e. The van der Waals surface area contributed by atoms with Crippen LogP contribution in [-0.4, -0.2) is 32.6 Å². The van der Waals surface area contributed by atoms with Crippen molar-refractivity contribution >= 4 is 70.4 Å². The molecule has 0 bridgehead atoms. The minimum absolute atomic E-state index is 0.150. The molecule has 0 saturated heterocycles. The molecule has 0 aliphatic carbocycles. The summed E-state index contributed by atoms with van der Waals surface area (Å²) in [4.78, 5) is 12.4. The summed E-state index contributed by atoms with van der Waals surface area (Å²) in [5, 5.41) is 18.7. The van der Waals surface area contributed by atoms with Gasteiger partial charge in [0.1, 0.15) is 0 Å². The third kappa shape index (κ3) is 2.50. The van der Waals surface area contributed by atoms with Crippen molar-refractivity contribution in [2.75, 3.05) is 13.2 Å². The smallest absolute Gasteiger partial charge is 0.329 e. The number of rotatable bonds is 4. The number of aliphatic hydroxyl groups is 2. The molecule has 0 aliphatic rings. The molecule has 0 radical (unpaired) electrons. The summed E-state index contributed by atoms with van der Waals surface area (Å²) in [7, 11) is 0. The highest BCUT2D eigenvalue weighted by molar-refractivity contribution is 9.13. The molecule has 1 aromatic carbocycles. The summed E-state index contributed by atoms with van der Waals surface area (Å²) in [6.07, 6.45) is 0. The van der Waals surface area contributed by atoms with E-state index >= 15 is 0 Å². The standard InChI is InChI=1S/C11H10Br3ClN2O3/c12-5-6(13)9-10(7(14)8(5)15)17(2-4-19)11(20)16(9)1-3-18/h18-19H,1-4H2. The summed E-state index contributed by atoms with van der Waals surface area (Å²) in [5.74, 6) is 0. The highest BCUT2D eigenvalue weighted by atomic mass is 79.9. The van der Waals surface area contributed by atoms with E-state index in [-0.39, 0.29) is 32.0 Å². The normalized spacial score (nSPS) is 11.5. The van der Waals surface area contributed by atoms with Gasteiger partial charge in [0, 0.05) is 0 Å². The maximum Gasteiger partial charge on any atom is 0.329 e. The summed E-state index contributed by atoms with van der Waals surface area (Å²) in [6.45, 7) is -0.0258. The minimum atomic E-state index is -0.307. The first kappa shape index (κ1) is 16.5. The van der Waals surface area contributed by atoms with Gasteiger partial charge < -0.3 is 10.2 Å². The lowest BCUT2D eigenvalue weighted by Crippen LogP contribution is -2.26. The zero-order valence-electron chi connectivity index (χ0n) is 10.0. The van der Waals surface area contributed by atoms with Crippen molar-refractivity contribution in [2.45, 2.75) is 13.1 Å². The number of hydrogen-bond acceptors (Lipinski definition) is 3. The van der Waals surface area contributed by atoms with Crippen LogP contribution in [0.1, 0.15) is 0 Å². The monoisotopic (exact) mass is 490 g/mol. The van der Waals surface area contributed by atoms with Crippen molar-refractivity contribution in [3.8, 4) is 0 Å². The van der Waals surface area contributed by atoms with E-state index in [1.807, 2.05) is 0 Å². The van der Waals surface area contributed by atoms with E-state index in [2.05, 4.69) is 47.8 Å². The number of imidazole rings is 1. The van der Waals surface area contributed by atoms with E-state index in [0.717, 1.165) is 0 Å². The zero-order valence-corrected chi connectivity index (χ0v) is 15.6. The lowest BCUT2D eigenvalue weighted by atomic mass is 10.3. The Hall–Kier alpha value is 0.140. The third-order valence-electron chi connectivity index (χ3n) is 2.87. The number of fused-ring (bicyclic) bond motifs is 1. The van der Waals surface area contributed by atoms with Crippen molar-refractivity contribution in [1.29, 1.82) is 0 Å². The van der Waals surface area contributed by atoms with Crippen LogP contribution in [0, 0.1) is 0 Å². The van der Waals surface area contributed by atoms with Crippen molar-refractivity contribution in [1.82, 2.24) is 9.13 Å². The van der Waals surface area contributed by atoms with Crippen molar-refractivity contribution in [2.24, 2.45) is 0 Å². The lowest BCUT2D eigenvalue weighted by Gasteiger charge is -2.09. The fourth-order valence-corrected chi connectivity index (χ4v) is 4.20. The Bertz CT molecular complexity index is 668. The molecule has 2 N–H and O–H groups in total. The van der Waals surface area contributed by atoms with Gasteiger partial charge in [-0.25, -0.2) is 4.79 Å². The molecule has 5 nitrogen and oxygen atoms in total. The highest BCUT2D eigenvalue weighted by Crippen LogP contribution is 2.43. The summed E-state index contributed by atoms with van der Waals surface area (Å²) >= 11 is 16.4. The van der Waals surface area contributed by atoms with Crippen LogP contribution in [0.3, 0.4) is 0 Å². The summed E-state index contributed by atoms with van der Waals surface area (Å²) in [5.41, 5.74) is 0.886. The number of halogens is 4. The maximum atomic E-state index is 12.4. The molecule has 0 unspecified atom stereocenters. The fourth-order valence-electron chi connectivity index (χ4n) is 2.05. The van der Waals surface area contributed by atoms with Gasteiger partial charge in [0.05, 0.1) is 55.8 Å². The van der Waals surface area contributed by atoms with Crippen LogP contribution < -0.4 is 5.69 Å². The number of benzene rings is 1. The first-order valence-corrected chi connectivity index (χ1v) is 8.38. The molecule has 110 valence electrons. The molecule has 0 fully saturated rings. The Labute approximate surface area is 144 Å². The third-order valence-corrected chi connectivity index (χ3v) is 6.57. The summed E-state index contributed by atoms with van der Waals surface area (Å²) < 4.78 is 4.68. The SMILES string of the molecule is O=c1n(CCO)c2c(Br)c(Cl)c(Br)c(Br)c2n1CCO. The Kier molecular flexibility index (Phi) is 5.36. The molecule has 0 amide bonds. The number of nitrogens with zero attached hydrogens (tertiary/aromatic N) is 2. The molecule has 0 atom stereocenters. The molecule has 1 aromatic heterocycles. The molecule has 20 heavy (non-hydrogen) atoms. The highest BCUT2D eigenvalue weighted by Gasteiger charge is 2.22. The molecule has 0 spiro atoms. The molecule has 2 rings (SSSR count). The van der Waals surface area contributed by atoms with E-state index in [1.54, 1.807) is 0 Å². The van der Waals surface area contributed by atoms with Crippen LogP contribution in [0.15, 0.2) is 18.2 Å². The van der Waals surface area contributed by atoms with Gasteiger partial charge in [0.25, 0.3) is 0 Å². The zero-order chi connectivity index (χ0) is 15.0. The second kappa shape index (κ2) is 6.50. The lowest BCUT2D eigenvalue weighted by molar-refractivity contribution is 0.268.